The van der Waals surface area contributed by atoms with Crippen LogP contribution in [-0.4, -0.2) is 9.13 Å². The smallest absolute Gasteiger partial charge is 0.0541 e. The highest BCUT2D eigenvalue weighted by Gasteiger charge is 2.18. The van der Waals surface area contributed by atoms with Crippen LogP contribution in [-0.2, 0) is 0 Å². The molecule has 7 aromatic carbocycles. The van der Waals surface area contributed by atoms with Crippen LogP contribution in [0.4, 0.5) is 0 Å². The molecule has 1 aliphatic rings. The quantitative estimate of drug-likeness (QED) is 0.178. The first-order chi connectivity index (χ1) is 24.8. The molecular weight excluding hydrogens is 605 g/mol. The van der Waals surface area contributed by atoms with Gasteiger partial charge in [-0.2, -0.15) is 0 Å². The Balaban J connectivity index is 1.02. The van der Waals surface area contributed by atoms with Crippen LogP contribution in [0.25, 0.3) is 77.2 Å². The van der Waals surface area contributed by atoms with Gasteiger partial charge in [-0.15, -0.1) is 0 Å². The summed E-state index contributed by atoms with van der Waals surface area (Å²) in [4.78, 5) is 0. The number of hydrogen-bond acceptors (Lipinski definition) is 0. The van der Waals surface area contributed by atoms with Crippen LogP contribution in [0, 0.1) is 0 Å². The molecule has 0 radical (unpaired) electrons. The maximum Gasteiger partial charge on any atom is 0.0541 e. The molecule has 1 unspecified atom stereocenters. The summed E-state index contributed by atoms with van der Waals surface area (Å²) in [7, 11) is 0. The third-order valence-corrected chi connectivity index (χ3v) is 10.5. The van der Waals surface area contributed by atoms with E-state index in [0.29, 0.717) is 5.92 Å². The van der Waals surface area contributed by atoms with Crippen LogP contribution in [0.1, 0.15) is 17.9 Å². The Morgan fingerprint density at radius 3 is 1.52 bits per heavy atom. The van der Waals surface area contributed by atoms with E-state index in [1.54, 1.807) is 0 Å². The number of benzene rings is 7. The van der Waals surface area contributed by atoms with Crippen molar-refractivity contribution < 1.29 is 0 Å². The van der Waals surface area contributed by atoms with Gasteiger partial charge in [0.2, 0.25) is 0 Å². The first-order valence-corrected chi connectivity index (χ1v) is 17.5. The van der Waals surface area contributed by atoms with Gasteiger partial charge in [-0.3, -0.25) is 0 Å². The highest BCUT2D eigenvalue weighted by atomic mass is 15.0. The van der Waals surface area contributed by atoms with Crippen molar-refractivity contribution in [2.75, 3.05) is 0 Å². The van der Waals surface area contributed by atoms with E-state index >= 15 is 0 Å². The highest BCUT2D eigenvalue weighted by molar-refractivity contribution is 6.13. The van der Waals surface area contributed by atoms with Crippen molar-refractivity contribution in [1.82, 2.24) is 9.13 Å². The van der Waals surface area contributed by atoms with Gasteiger partial charge in [-0.1, -0.05) is 133 Å². The number of rotatable bonds is 5. The Morgan fingerprint density at radius 1 is 0.400 bits per heavy atom. The second kappa shape index (κ2) is 11.6. The second-order valence-corrected chi connectivity index (χ2v) is 13.3. The number of fused-ring (bicyclic) bond motifs is 6. The highest BCUT2D eigenvalue weighted by Crippen LogP contribution is 2.39. The average Bonchev–Trinajstić information content (AvgIpc) is 3.71. The molecule has 0 fully saturated rings. The number of allylic oxidation sites excluding steroid dienone is 4. The van der Waals surface area contributed by atoms with Crippen LogP contribution in [0.15, 0.2) is 188 Å². The molecule has 0 N–H and O–H groups in total. The van der Waals surface area contributed by atoms with E-state index in [4.69, 9.17) is 0 Å². The minimum Gasteiger partial charge on any atom is -0.310 e. The number of aromatic nitrogens is 2. The molecule has 2 heteroatoms. The average molecular weight is 639 g/mol. The molecule has 0 spiro atoms. The Hall–Kier alpha value is -6.38. The molecule has 2 heterocycles. The molecule has 0 saturated carbocycles. The number of nitrogens with zero attached hydrogens (tertiary/aromatic N) is 2. The van der Waals surface area contributed by atoms with Crippen LogP contribution in [0.3, 0.4) is 0 Å². The third-order valence-electron chi connectivity index (χ3n) is 10.5. The molecule has 9 aromatic rings. The van der Waals surface area contributed by atoms with E-state index in [0.717, 1.165) is 6.42 Å². The van der Waals surface area contributed by atoms with Crippen molar-refractivity contribution in [3.8, 4) is 27.9 Å². The zero-order chi connectivity index (χ0) is 33.0. The first-order valence-electron chi connectivity index (χ1n) is 17.5. The zero-order valence-electron chi connectivity index (χ0n) is 27.6. The van der Waals surface area contributed by atoms with Crippen molar-refractivity contribution in [3.63, 3.8) is 0 Å². The van der Waals surface area contributed by atoms with Gasteiger partial charge in [-0.25, -0.2) is 0 Å². The Kier molecular flexibility index (Phi) is 6.67. The van der Waals surface area contributed by atoms with Crippen molar-refractivity contribution in [2.24, 2.45) is 0 Å². The Labute approximate surface area is 291 Å². The van der Waals surface area contributed by atoms with Crippen molar-refractivity contribution in [3.05, 3.63) is 194 Å². The number of para-hydroxylation sites is 3. The molecule has 1 atom stereocenters. The summed E-state index contributed by atoms with van der Waals surface area (Å²) in [5.74, 6) is 0.367. The molecule has 2 aromatic heterocycles. The normalized spacial score (nSPS) is 14.6. The molecule has 2 nitrogen and oxygen atoms in total. The van der Waals surface area contributed by atoms with Gasteiger partial charge in [0.05, 0.1) is 22.1 Å². The molecule has 0 aliphatic heterocycles. The summed E-state index contributed by atoms with van der Waals surface area (Å²) in [5, 5.41) is 5.09. The van der Waals surface area contributed by atoms with Gasteiger partial charge in [0.25, 0.3) is 0 Å². The number of hydrogen-bond donors (Lipinski definition) is 0. The molecular formula is C48H34N2. The van der Waals surface area contributed by atoms with Crippen LogP contribution < -0.4 is 0 Å². The molecule has 0 amide bonds. The predicted molar refractivity (Wildman–Crippen MR) is 212 cm³/mol. The Morgan fingerprint density at radius 2 is 0.900 bits per heavy atom. The van der Waals surface area contributed by atoms with Gasteiger partial charge in [0.15, 0.2) is 0 Å². The first kappa shape index (κ1) is 28.6. The molecule has 0 bridgehead atoms. The van der Waals surface area contributed by atoms with E-state index in [2.05, 4.69) is 197 Å². The van der Waals surface area contributed by atoms with Crippen LogP contribution in [0.5, 0.6) is 0 Å². The van der Waals surface area contributed by atoms with Crippen LogP contribution in [0.2, 0.25) is 0 Å². The Bertz CT molecular complexity index is 2760. The van der Waals surface area contributed by atoms with Crippen molar-refractivity contribution in [2.45, 2.75) is 12.3 Å². The largest absolute Gasteiger partial charge is 0.310 e. The lowest BCUT2D eigenvalue weighted by Crippen LogP contribution is -2.02. The van der Waals surface area contributed by atoms with Crippen molar-refractivity contribution in [1.29, 1.82) is 0 Å². The van der Waals surface area contributed by atoms with E-state index in [1.807, 2.05) is 0 Å². The van der Waals surface area contributed by atoms with Gasteiger partial charge in [-0.05, 0) is 88.8 Å². The van der Waals surface area contributed by atoms with E-state index in [9.17, 15) is 0 Å². The summed E-state index contributed by atoms with van der Waals surface area (Å²) in [5.41, 5.74) is 13.7. The SMILES string of the molecule is C1=CC(c2ccc(-c3ccccc3)cc2)CC=C1n1c2ccccc2c2cc(-c3ccc4c(c3)c3ccccc3n4-c3ccccc3)ccc21. The lowest BCUT2D eigenvalue weighted by Gasteiger charge is -2.19. The lowest BCUT2D eigenvalue weighted by atomic mass is 9.90. The van der Waals surface area contributed by atoms with Crippen LogP contribution >= 0.6 is 0 Å². The lowest BCUT2D eigenvalue weighted by molar-refractivity contribution is 0.850. The monoisotopic (exact) mass is 638 g/mol. The van der Waals surface area contributed by atoms with Gasteiger partial charge < -0.3 is 9.13 Å². The van der Waals surface area contributed by atoms with Crippen molar-refractivity contribution >= 4 is 49.3 Å². The fourth-order valence-electron chi connectivity index (χ4n) is 8.01. The second-order valence-electron chi connectivity index (χ2n) is 13.3. The maximum atomic E-state index is 2.44. The molecule has 236 valence electrons. The van der Waals surface area contributed by atoms with Gasteiger partial charge >= 0.3 is 0 Å². The minimum absolute atomic E-state index is 0.367. The third kappa shape index (κ3) is 4.64. The summed E-state index contributed by atoms with van der Waals surface area (Å²) in [6, 6.07) is 61.8. The maximum absolute atomic E-state index is 2.44. The fourth-order valence-corrected chi connectivity index (χ4v) is 8.01. The predicted octanol–water partition coefficient (Wildman–Crippen LogP) is 12.8. The van der Waals surface area contributed by atoms with Gasteiger partial charge in [0, 0.05) is 38.8 Å². The van der Waals surface area contributed by atoms with E-state index in [1.165, 1.54) is 82.8 Å². The topological polar surface area (TPSA) is 9.86 Å². The fraction of sp³-hybridized carbons (Fsp3) is 0.0417. The summed E-state index contributed by atoms with van der Waals surface area (Å²) < 4.78 is 4.82. The molecule has 50 heavy (non-hydrogen) atoms. The standard InChI is InChI=1S/C48H34N2/c1-3-11-33(12-4-1)34-19-21-35(22-20-34)36-23-27-40(28-24-36)50-46-18-10-8-16-42(46)44-32-38(26-30-48(44)50)37-25-29-47-43(31-37)41-15-7-9-17-45(41)49(47)39-13-5-2-6-14-39/h1-23,25-32,36H,24H2. The molecule has 1 aliphatic carbocycles. The summed E-state index contributed by atoms with van der Waals surface area (Å²) in [6.07, 6.45) is 8.07. The minimum atomic E-state index is 0.367. The van der Waals surface area contributed by atoms with E-state index in [-0.39, 0.29) is 0 Å². The zero-order valence-corrected chi connectivity index (χ0v) is 27.6. The molecule has 0 saturated heterocycles. The molecule has 10 rings (SSSR count). The van der Waals surface area contributed by atoms with E-state index < -0.39 is 0 Å². The van der Waals surface area contributed by atoms with Gasteiger partial charge in [0.1, 0.15) is 0 Å². The summed E-state index contributed by atoms with van der Waals surface area (Å²) in [6.45, 7) is 0. The summed E-state index contributed by atoms with van der Waals surface area (Å²) >= 11 is 0.